The third-order valence-corrected chi connectivity index (χ3v) is 2.66. The van der Waals surface area contributed by atoms with Crippen molar-refractivity contribution in [2.24, 2.45) is 5.41 Å². The fraction of sp³-hybridized carbons (Fsp3) is 0.700. The first-order valence-electron chi connectivity index (χ1n) is 4.31. The largest absolute Gasteiger partial charge is 0.343 e. The van der Waals surface area contributed by atoms with Crippen molar-refractivity contribution in [3.05, 3.63) is 0 Å². The molecule has 0 aromatic rings. The molecule has 0 N–H and O–H groups in total. The van der Waals surface area contributed by atoms with Gasteiger partial charge in [-0.1, -0.05) is 0 Å². The van der Waals surface area contributed by atoms with E-state index in [1.54, 1.807) is 6.92 Å². The second kappa shape index (κ2) is 3.18. The highest BCUT2D eigenvalue weighted by Gasteiger charge is 2.28. The van der Waals surface area contributed by atoms with Crippen LogP contribution in [0.15, 0.2) is 0 Å². The lowest BCUT2D eigenvalue weighted by Gasteiger charge is -2.35. The molecule has 2 nitrogen and oxygen atoms in total. The standard InChI is InChI=1S/C10H15NO/c1-4-10(3)5-7-11(8-6-10)9(2)12/h1H,5-8H2,2-3H3. The number of amides is 1. The third kappa shape index (κ3) is 1.79. The molecule has 0 spiro atoms. The number of hydrogen-bond donors (Lipinski definition) is 0. The molecule has 2 heteroatoms. The summed E-state index contributed by atoms with van der Waals surface area (Å²) in [6, 6.07) is 0. The zero-order valence-electron chi connectivity index (χ0n) is 7.76. The van der Waals surface area contributed by atoms with Crippen molar-refractivity contribution in [2.75, 3.05) is 13.1 Å². The van der Waals surface area contributed by atoms with Crippen LogP contribution in [-0.4, -0.2) is 23.9 Å². The predicted molar refractivity (Wildman–Crippen MR) is 48.4 cm³/mol. The van der Waals surface area contributed by atoms with Crippen molar-refractivity contribution in [3.8, 4) is 12.3 Å². The molecule has 0 radical (unpaired) electrons. The molecule has 1 rings (SSSR count). The van der Waals surface area contributed by atoms with E-state index in [2.05, 4.69) is 12.8 Å². The van der Waals surface area contributed by atoms with Crippen LogP contribution in [0.1, 0.15) is 26.7 Å². The fourth-order valence-electron chi connectivity index (χ4n) is 1.46. The first kappa shape index (κ1) is 9.12. The Labute approximate surface area is 73.9 Å². The Bertz CT molecular complexity index is 218. The highest BCUT2D eigenvalue weighted by atomic mass is 16.2. The lowest BCUT2D eigenvalue weighted by Crippen LogP contribution is -2.40. The van der Waals surface area contributed by atoms with Crippen LogP contribution in [-0.2, 0) is 4.79 Å². The van der Waals surface area contributed by atoms with E-state index < -0.39 is 0 Å². The number of terminal acetylenes is 1. The van der Waals surface area contributed by atoms with E-state index in [0.717, 1.165) is 25.9 Å². The van der Waals surface area contributed by atoms with Crippen LogP contribution in [0.5, 0.6) is 0 Å². The van der Waals surface area contributed by atoms with Gasteiger partial charge in [0, 0.05) is 25.4 Å². The monoisotopic (exact) mass is 165 g/mol. The van der Waals surface area contributed by atoms with Gasteiger partial charge in [-0.15, -0.1) is 12.3 Å². The SMILES string of the molecule is C#CC1(C)CCN(C(C)=O)CC1. The van der Waals surface area contributed by atoms with Crippen LogP contribution in [0, 0.1) is 17.8 Å². The van der Waals surface area contributed by atoms with E-state index in [0.29, 0.717) is 0 Å². The van der Waals surface area contributed by atoms with Crippen LogP contribution in [0.4, 0.5) is 0 Å². The molecule has 0 aromatic carbocycles. The Hall–Kier alpha value is -0.970. The molecule has 0 bridgehead atoms. The van der Waals surface area contributed by atoms with Crippen molar-refractivity contribution in [1.82, 2.24) is 4.90 Å². The van der Waals surface area contributed by atoms with Gasteiger partial charge in [0.1, 0.15) is 0 Å². The van der Waals surface area contributed by atoms with Gasteiger partial charge in [-0.2, -0.15) is 0 Å². The first-order valence-corrected chi connectivity index (χ1v) is 4.31. The molecule has 1 fully saturated rings. The van der Waals surface area contributed by atoms with E-state index in [4.69, 9.17) is 6.42 Å². The fourth-order valence-corrected chi connectivity index (χ4v) is 1.46. The zero-order valence-corrected chi connectivity index (χ0v) is 7.76. The Morgan fingerprint density at radius 2 is 2.00 bits per heavy atom. The summed E-state index contributed by atoms with van der Waals surface area (Å²) < 4.78 is 0. The Balaban J connectivity index is 2.51. The summed E-state index contributed by atoms with van der Waals surface area (Å²) in [5.41, 5.74) is 0.0198. The molecule has 66 valence electrons. The Kier molecular flexibility index (Phi) is 2.42. The quantitative estimate of drug-likeness (QED) is 0.495. The van der Waals surface area contributed by atoms with E-state index in [-0.39, 0.29) is 11.3 Å². The number of carbonyl (C=O) groups is 1. The van der Waals surface area contributed by atoms with E-state index in [1.807, 2.05) is 4.90 Å². The van der Waals surface area contributed by atoms with Gasteiger partial charge in [-0.3, -0.25) is 4.79 Å². The van der Waals surface area contributed by atoms with Crippen molar-refractivity contribution < 1.29 is 4.79 Å². The number of nitrogens with zero attached hydrogens (tertiary/aromatic N) is 1. The van der Waals surface area contributed by atoms with E-state index >= 15 is 0 Å². The molecule has 1 aliphatic heterocycles. The van der Waals surface area contributed by atoms with Crippen LogP contribution >= 0.6 is 0 Å². The second-order valence-corrected chi connectivity index (χ2v) is 3.71. The minimum atomic E-state index is 0.0198. The summed E-state index contributed by atoms with van der Waals surface area (Å²) >= 11 is 0. The van der Waals surface area contributed by atoms with Gasteiger partial charge in [-0.05, 0) is 19.8 Å². The summed E-state index contributed by atoms with van der Waals surface area (Å²) in [5.74, 6) is 2.96. The second-order valence-electron chi connectivity index (χ2n) is 3.71. The minimum absolute atomic E-state index is 0.0198. The molecule has 1 saturated heterocycles. The summed E-state index contributed by atoms with van der Waals surface area (Å²) in [5, 5.41) is 0. The normalized spacial score (nSPS) is 21.6. The van der Waals surface area contributed by atoms with Gasteiger partial charge >= 0.3 is 0 Å². The molecule has 1 aliphatic rings. The lowest BCUT2D eigenvalue weighted by atomic mass is 9.81. The van der Waals surface area contributed by atoms with E-state index in [1.165, 1.54) is 0 Å². The number of hydrogen-bond acceptors (Lipinski definition) is 1. The first-order chi connectivity index (χ1) is 5.57. The van der Waals surface area contributed by atoms with Crippen molar-refractivity contribution in [2.45, 2.75) is 26.7 Å². The summed E-state index contributed by atoms with van der Waals surface area (Å²) in [4.78, 5) is 12.8. The molecule has 0 saturated carbocycles. The van der Waals surface area contributed by atoms with Gasteiger partial charge < -0.3 is 4.90 Å². The highest BCUT2D eigenvalue weighted by Crippen LogP contribution is 2.29. The van der Waals surface area contributed by atoms with Crippen LogP contribution in [0.25, 0.3) is 0 Å². The molecule has 0 unspecified atom stereocenters. The van der Waals surface area contributed by atoms with Crippen molar-refractivity contribution in [3.63, 3.8) is 0 Å². The van der Waals surface area contributed by atoms with Gasteiger partial charge in [0.25, 0.3) is 0 Å². The predicted octanol–water partition coefficient (Wildman–Crippen LogP) is 1.27. The maximum Gasteiger partial charge on any atom is 0.219 e. The number of piperidine rings is 1. The van der Waals surface area contributed by atoms with Crippen LogP contribution in [0.2, 0.25) is 0 Å². The van der Waals surface area contributed by atoms with E-state index in [9.17, 15) is 4.79 Å². The summed E-state index contributed by atoms with van der Waals surface area (Å²) in [6.07, 6.45) is 7.27. The van der Waals surface area contributed by atoms with Gasteiger partial charge in [-0.25, -0.2) is 0 Å². The topological polar surface area (TPSA) is 20.3 Å². The van der Waals surface area contributed by atoms with Gasteiger partial charge in [0.2, 0.25) is 5.91 Å². The minimum Gasteiger partial charge on any atom is -0.343 e. The number of rotatable bonds is 0. The number of carbonyl (C=O) groups excluding carboxylic acids is 1. The third-order valence-electron chi connectivity index (χ3n) is 2.66. The van der Waals surface area contributed by atoms with Gasteiger partial charge in [0.05, 0.1) is 0 Å². The molecule has 12 heavy (non-hydrogen) atoms. The van der Waals surface area contributed by atoms with Crippen molar-refractivity contribution >= 4 is 5.91 Å². The van der Waals surface area contributed by atoms with Gasteiger partial charge in [0.15, 0.2) is 0 Å². The highest BCUT2D eigenvalue weighted by molar-refractivity contribution is 5.73. The molecule has 0 aromatic heterocycles. The van der Waals surface area contributed by atoms with Crippen LogP contribution < -0.4 is 0 Å². The summed E-state index contributed by atoms with van der Waals surface area (Å²) in [7, 11) is 0. The van der Waals surface area contributed by atoms with Crippen molar-refractivity contribution in [1.29, 1.82) is 0 Å². The summed E-state index contributed by atoms with van der Waals surface area (Å²) in [6.45, 7) is 5.33. The number of likely N-dealkylation sites (tertiary alicyclic amines) is 1. The molecule has 0 aliphatic carbocycles. The zero-order chi connectivity index (χ0) is 9.19. The smallest absolute Gasteiger partial charge is 0.219 e. The Morgan fingerprint density at radius 3 is 2.33 bits per heavy atom. The molecule has 1 heterocycles. The lowest BCUT2D eigenvalue weighted by molar-refractivity contribution is -0.130. The Morgan fingerprint density at radius 1 is 1.50 bits per heavy atom. The maximum absolute atomic E-state index is 11.0. The maximum atomic E-state index is 11.0. The molecule has 0 atom stereocenters. The van der Waals surface area contributed by atoms with Crippen LogP contribution in [0.3, 0.4) is 0 Å². The molecular formula is C10H15NO. The molecular weight excluding hydrogens is 150 g/mol. The molecule has 1 amide bonds. The average molecular weight is 165 g/mol. The average Bonchev–Trinajstić information content (AvgIpc) is 2.05.